The summed E-state index contributed by atoms with van der Waals surface area (Å²) in [5.74, 6) is 2.09. The first kappa shape index (κ1) is 26.6. The lowest BCUT2D eigenvalue weighted by molar-refractivity contribution is 0.269. The van der Waals surface area contributed by atoms with Crippen molar-refractivity contribution in [2.24, 2.45) is 11.8 Å². The second-order valence-corrected chi connectivity index (χ2v) is 8.29. The van der Waals surface area contributed by atoms with Gasteiger partial charge >= 0.3 is 0 Å². The Bertz CT molecular complexity index is 519. The van der Waals surface area contributed by atoms with E-state index in [1.807, 2.05) is 0 Å². The highest BCUT2D eigenvalue weighted by atomic mass is 19.1. The summed E-state index contributed by atoms with van der Waals surface area (Å²) in [5, 5.41) is 0. The summed E-state index contributed by atoms with van der Waals surface area (Å²) < 4.78 is 18.0. The van der Waals surface area contributed by atoms with Crippen LogP contribution in [0, 0.1) is 11.8 Å². The maximum Gasteiger partial charge on any atom is 0.121 e. The normalized spacial score (nSPS) is 14.2. The minimum atomic E-state index is -0.314. The Balaban J connectivity index is 4.69. The van der Waals surface area contributed by atoms with E-state index in [1.54, 1.807) is 13.2 Å². The van der Waals surface area contributed by atoms with Crippen LogP contribution in [0.15, 0.2) is 47.8 Å². The van der Waals surface area contributed by atoms with Gasteiger partial charge in [-0.25, -0.2) is 0 Å². The molecule has 0 fully saturated rings. The zero-order chi connectivity index (χ0) is 21.5. The lowest BCUT2D eigenvalue weighted by Gasteiger charge is -2.27. The molecule has 2 nitrogen and oxygen atoms in total. The van der Waals surface area contributed by atoms with E-state index in [0.717, 1.165) is 43.7 Å². The van der Waals surface area contributed by atoms with Gasteiger partial charge in [0.15, 0.2) is 0 Å². The summed E-state index contributed by atoms with van der Waals surface area (Å²) >= 11 is 0. The van der Waals surface area contributed by atoms with Gasteiger partial charge in [-0.2, -0.15) is 0 Å². The zero-order valence-corrected chi connectivity index (χ0v) is 19.3. The largest absolute Gasteiger partial charge is 0.496 e. The lowest BCUT2D eigenvalue weighted by Crippen LogP contribution is -2.28. The van der Waals surface area contributed by atoms with Gasteiger partial charge in [-0.05, 0) is 82.5 Å². The van der Waals surface area contributed by atoms with Gasteiger partial charge in [-0.15, -0.1) is 0 Å². The van der Waals surface area contributed by atoms with Crippen molar-refractivity contribution in [2.45, 2.75) is 66.2 Å². The fourth-order valence-electron chi connectivity index (χ4n) is 3.49. The summed E-state index contributed by atoms with van der Waals surface area (Å²) in [7, 11) is 3.88. The molecule has 0 rings (SSSR count). The van der Waals surface area contributed by atoms with Crippen molar-refractivity contribution < 1.29 is 9.13 Å². The first-order valence-electron chi connectivity index (χ1n) is 10.8. The number of alkyl halides is 1. The highest BCUT2D eigenvalue weighted by Gasteiger charge is 2.15. The molecule has 3 heteroatoms. The molecule has 162 valence electrons. The van der Waals surface area contributed by atoms with Crippen molar-refractivity contribution in [3.05, 3.63) is 47.8 Å². The molecule has 1 atom stereocenters. The first-order chi connectivity index (χ1) is 13.3. The van der Waals surface area contributed by atoms with Gasteiger partial charge in [-0.1, -0.05) is 51.2 Å². The summed E-state index contributed by atoms with van der Waals surface area (Å²) in [6.45, 7) is 18.9. The number of rotatable bonds is 16. The quantitative estimate of drug-likeness (QED) is 0.157. The highest BCUT2D eigenvalue weighted by molar-refractivity contribution is 5.30. The lowest BCUT2D eigenvalue weighted by atomic mass is 9.89. The molecule has 0 aliphatic carbocycles. The molecule has 0 bridgehead atoms. The number of hydrogen-bond donors (Lipinski definition) is 0. The Labute approximate surface area is 174 Å². The maximum atomic E-state index is 12.5. The summed E-state index contributed by atoms with van der Waals surface area (Å²) in [4.78, 5) is 2.44. The third-order valence-corrected chi connectivity index (χ3v) is 5.17. The van der Waals surface area contributed by atoms with Crippen LogP contribution in [0.5, 0.6) is 0 Å². The Morgan fingerprint density at radius 2 is 1.89 bits per heavy atom. The highest BCUT2D eigenvalue weighted by Crippen LogP contribution is 2.23. The van der Waals surface area contributed by atoms with Crippen molar-refractivity contribution >= 4 is 0 Å². The van der Waals surface area contributed by atoms with E-state index in [0.29, 0.717) is 24.7 Å². The van der Waals surface area contributed by atoms with Crippen LogP contribution < -0.4 is 0 Å². The molecule has 0 aliphatic rings. The number of hydrogen-bond acceptors (Lipinski definition) is 2. The fraction of sp³-hybridized carbons (Fsp3) is 0.680. The van der Waals surface area contributed by atoms with E-state index in [1.165, 1.54) is 17.6 Å². The average molecular weight is 394 g/mol. The second-order valence-electron chi connectivity index (χ2n) is 8.29. The number of methoxy groups -OCH3 is 1. The number of nitrogens with zero attached hydrogens (tertiary/aromatic N) is 1. The second kappa shape index (κ2) is 15.6. The Morgan fingerprint density at radius 1 is 1.21 bits per heavy atom. The summed E-state index contributed by atoms with van der Waals surface area (Å²) in [5.41, 5.74) is 3.63. The Morgan fingerprint density at radius 3 is 2.39 bits per heavy atom. The SMILES string of the molecule is C=C/C(CCCF)=C(\C=C(\C)CCCN(C)CC(CC(C)C)C(=C)CC)OC. The smallest absolute Gasteiger partial charge is 0.121 e. The van der Waals surface area contributed by atoms with E-state index in [9.17, 15) is 4.39 Å². The van der Waals surface area contributed by atoms with E-state index in [2.05, 4.69) is 58.9 Å². The molecule has 0 aromatic rings. The molecule has 0 heterocycles. The van der Waals surface area contributed by atoms with Crippen molar-refractivity contribution in [2.75, 3.05) is 33.9 Å². The third kappa shape index (κ3) is 11.5. The van der Waals surface area contributed by atoms with Crippen LogP contribution >= 0.6 is 0 Å². The Hall–Kier alpha value is -1.35. The maximum absolute atomic E-state index is 12.5. The van der Waals surface area contributed by atoms with Gasteiger partial charge < -0.3 is 9.64 Å². The predicted octanol–water partition coefficient (Wildman–Crippen LogP) is 7.11. The van der Waals surface area contributed by atoms with Crippen LogP contribution in [-0.4, -0.2) is 38.8 Å². The van der Waals surface area contributed by atoms with Gasteiger partial charge in [0.2, 0.25) is 0 Å². The molecule has 0 radical (unpaired) electrons. The van der Waals surface area contributed by atoms with Gasteiger partial charge in [0.1, 0.15) is 5.76 Å². The van der Waals surface area contributed by atoms with Gasteiger partial charge in [0.25, 0.3) is 0 Å². The topological polar surface area (TPSA) is 12.5 Å². The molecule has 0 aromatic carbocycles. The summed E-state index contributed by atoms with van der Waals surface area (Å²) in [6.07, 6.45) is 9.43. The summed E-state index contributed by atoms with van der Waals surface area (Å²) in [6, 6.07) is 0. The van der Waals surface area contributed by atoms with Crippen LogP contribution in [0.25, 0.3) is 0 Å². The fourth-order valence-corrected chi connectivity index (χ4v) is 3.49. The molecule has 0 aromatic heterocycles. The molecular formula is C25H44FNO. The van der Waals surface area contributed by atoms with Gasteiger partial charge in [0, 0.05) is 6.54 Å². The van der Waals surface area contributed by atoms with Gasteiger partial charge in [0.05, 0.1) is 13.8 Å². The van der Waals surface area contributed by atoms with Crippen molar-refractivity contribution in [1.29, 1.82) is 0 Å². The first-order valence-corrected chi connectivity index (χ1v) is 10.8. The van der Waals surface area contributed by atoms with Crippen LogP contribution in [-0.2, 0) is 4.74 Å². The van der Waals surface area contributed by atoms with Crippen LogP contribution in [0.1, 0.15) is 66.2 Å². The number of ether oxygens (including phenoxy) is 1. The number of halogens is 1. The molecule has 0 aliphatic heterocycles. The molecule has 0 spiro atoms. The predicted molar refractivity (Wildman–Crippen MR) is 122 cm³/mol. The standard InChI is InChI=1S/C25H44FNO/c1-9-22(6)24(17-20(3)4)19-27(7)16-12-13-21(5)18-25(28-8)23(10-2)14-11-15-26/h10,18,20,24H,2,6,9,11-17,19H2,1,3-5,7-8H3/b21-18-,25-23-. The van der Waals surface area contributed by atoms with E-state index in [4.69, 9.17) is 4.74 Å². The van der Waals surface area contributed by atoms with Gasteiger partial charge in [-0.3, -0.25) is 4.39 Å². The van der Waals surface area contributed by atoms with E-state index in [-0.39, 0.29) is 6.67 Å². The van der Waals surface area contributed by atoms with Crippen molar-refractivity contribution in [3.8, 4) is 0 Å². The van der Waals surface area contributed by atoms with Crippen molar-refractivity contribution in [3.63, 3.8) is 0 Å². The third-order valence-electron chi connectivity index (χ3n) is 5.17. The van der Waals surface area contributed by atoms with Crippen molar-refractivity contribution in [1.82, 2.24) is 4.90 Å². The van der Waals surface area contributed by atoms with Crippen LogP contribution in [0.2, 0.25) is 0 Å². The van der Waals surface area contributed by atoms with E-state index >= 15 is 0 Å². The molecule has 1 unspecified atom stereocenters. The van der Waals surface area contributed by atoms with Crippen LogP contribution in [0.3, 0.4) is 0 Å². The monoisotopic (exact) mass is 393 g/mol. The van der Waals surface area contributed by atoms with Crippen LogP contribution in [0.4, 0.5) is 4.39 Å². The molecule has 0 saturated carbocycles. The zero-order valence-electron chi connectivity index (χ0n) is 19.3. The molecule has 0 saturated heterocycles. The number of allylic oxidation sites excluding steroid dienone is 4. The Kier molecular flexibility index (Phi) is 14.8. The average Bonchev–Trinajstić information content (AvgIpc) is 2.65. The molecule has 0 N–H and O–H groups in total. The minimum Gasteiger partial charge on any atom is -0.496 e. The van der Waals surface area contributed by atoms with E-state index < -0.39 is 0 Å². The molecule has 28 heavy (non-hydrogen) atoms. The molecular weight excluding hydrogens is 349 g/mol. The minimum absolute atomic E-state index is 0.314. The molecule has 0 amide bonds.